The molecule has 0 aromatic heterocycles. The Morgan fingerprint density at radius 1 is 0.955 bits per heavy atom. The molecule has 1 spiro atoms. The smallest absolute Gasteiger partial charge is 0.221 e. The van der Waals surface area contributed by atoms with Crippen LogP contribution in [-0.2, 0) is 6.42 Å². The Labute approximate surface area is 128 Å². The lowest BCUT2D eigenvalue weighted by atomic mass is 10.0. The molecule has 3 nitrogen and oxygen atoms in total. The van der Waals surface area contributed by atoms with Crippen molar-refractivity contribution in [3.8, 4) is 5.75 Å². The molecule has 0 saturated heterocycles. The minimum absolute atomic E-state index is 0.556. The Morgan fingerprint density at radius 3 is 2.77 bits per heavy atom. The lowest BCUT2D eigenvalue weighted by Crippen LogP contribution is -2.45. The second-order valence-electron chi connectivity index (χ2n) is 5.84. The van der Waals surface area contributed by atoms with Crippen molar-refractivity contribution in [2.75, 3.05) is 5.32 Å². The summed E-state index contributed by atoms with van der Waals surface area (Å²) in [7, 11) is 0. The number of hydrogen-bond acceptors (Lipinski definition) is 3. The molecule has 0 aliphatic carbocycles. The summed E-state index contributed by atoms with van der Waals surface area (Å²) in [5, 5.41) is 5.77. The van der Waals surface area contributed by atoms with E-state index < -0.39 is 5.72 Å². The number of nitrogens with zero attached hydrogens (tertiary/aromatic N) is 1. The Bertz CT molecular complexity index is 905. The summed E-state index contributed by atoms with van der Waals surface area (Å²) in [5.74, 6) is 0.835. The number of nitrogens with one attached hydrogen (secondary N) is 1. The van der Waals surface area contributed by atoms with Crippen molar-refractivity contribution in [3.63, 3.8) is 0 Å². The molecular formula is C19H14N2O. The first kappa shape index (κ1) is 11.8. The molecule has 5 rings (SSSR count). The van der Waals surface area contributed by atoms with Crippen molar-refractivity contribution in [2.24, 2.45) is 4.99 Å². The molecule has 3 aromatic carbocycles. The van der Waals surface area contributed by atoms with Gasteiger partial charge in [0.1, 0.15) is 11.4 Å². The first-order chi connectivity index (χ1) is 10.8. The van der Waals surface area contributed by atoms with Gasteiger partial charge >= 0.3 is 0 Å². The molecular weight excluding hydrogens is 272 g/mol. The third kappa shape index (κ3) is 1.59. The zero-order chi connectivity index (χ0) is 14.6. The highest BCUT2D eigenvalue weighted by molar-refractivity contribution is 5.99. The maximum atomic E-state index is 6.31. The SMILES string of the molecule is C1=Nc2c(ccc3ccccc23)O[C@@]12Cc1ccccc1N2. The van der Waals surface area contributed by atoms with Gasteiger partial charge in [-0.1, -0.05) is 48.5 Å². The number of hydrogen-bond donors (Lipinski definition) is 1. The molecule has 3 heteroatoms. The zero-order valence-corrected chi connectivity index (χ0v) is 11.9. The number of para-hydroxylation sites is 1. The largest absolute Gasteiger partial charge is 0.460 e. The van der Waals surface area contributed by atoms with Crippen LogP contribution in [0.2, 0.25) is 0 Å². The topological polar surface area (TPSA) is 33.6 Å². The number of ether oxygens (including phenoxy) is 1. The number of fused-ring (bicyclic) bond motifs is 4. The maximum absolute atomic E-state index is 6.31. The van der Waals surface area contributed by atoms with Gasteiger partial charge in [-0.15, -0.1) is 0 Å². The van der Waals surface area contributed by atoms with Crippen molar-refractivity contribution in [3.05, 3.63) is 66.2 Å². The second-order valence-corrected chi connectivity index (χ2v) is 5.84. The lowest BCUT2D eigenvalue weighted by molar-refractivity contribution is 0.181. The summed E-state index contributed by atoms with van der Waals surface area (Å²) >= 11 is 0. The van der Waals surface area contributed by atoms with Crippen molar-refractivity contribution >= 4 is 28.4 Å². The van der Waals surface area contributed by atoms with Crippen LogP contribution < -0.4 is 10.1 Å². The summed E-state index contributed by atoms with van der Waals surface area (Å²) in [6, 6.07) is 20.7. The molecule has 1 N–H and O–H groups in total. The van der Waals surface area contributed by atoms with E-state index in [4.69, 9.17) is 9.73 Å². The Balaban J connectivity index is 1.61. The predicted octanol–water partition coefficient (Wildman–Crippen LogP) is 4.30. The van der Waals surface area contributed by atoms with Crippen LogP contribution in [0.4, 0.5) is 11.4 Å². The fraction of sp³-hybridized carbons (Fsp3) is 0.105. The fourth-order valence-corrected chi connectivity index (χ4v) is 3.33. The maximum Gasteiger partial charge on any atom is 0.221 e. The summed E-state index contributed by atoms with van der Waals surface area (Å²) in [5.41, 5.74) is 2.75. The van der Waals surface area contributed by atoms with Crippen LogP contribution in [0.25, 0.3) is 10.8 Å². The Hall–Kier alpha value is -2.81. The molecule has 0 bridgehead atoms. The van der Waals surface area contributed by atoms with Gasteiger partial charge in [0.05, 0.1) is 6.21 Å². The molecule has 2 heterocycles. The average molecular weight is 286 g/mol. The molecule has 0 amide bonds. The molecule has 1 atom stereocenters. The van der Waals surface area contributed by atoms with E-state index in [9.17, 15) is 0 Å². The fourth-order valence-electron chi connectivity index (χ4n) is 3.33. The minimum Gasteiger partial charge on any atom is -0.460 e. The zero-order valence-electron chi connectivity index (χ0n) is 11.9. The molecule has 2 aliphatic heterocycles. The molecule has 2 aliphatic rings. The normalized spacial score (nSPS) is 21.3. The molecule has 0 unspecified atom stereocenters. The van der Waals surface area contributed by atoms with Gasteiger partial charge in [0, 0.05) is 17.5 Å². The molecule has 0 radical (unpaired) electrons. The summed E-state index contributed by atoms with van der Waals surface area (Å²) < 4.78 is 6.31. The van der Waals surface area contributed by atoms with Crippen LogP contribution in [0.3, 0.4) is 0 Å². The highest BCUT2D eigenvalue weighted by Gasteiger charge is 2.40. The standard InChI is InChI=1S/C19H14N2O/c1-3-7-15-13(5-1)9-10-17-18(15)20-12-19(22-17)11-14-6-2-4-8-16(14)21-19/h1-10,12,21H,11H2/t19-/m0/s1. The quantitative estimate of drug-likeness (QED) is 0.668. The van der Waals surface area contributed by atoms with E-state index >= 15 is 0 Å². The van der Waals surface area contributed by atoms with Gasteiger partial charge in [0.2, 0.25) is 5.72 Å². The average Bonchev–Trinajstić information content (AvgIpc) is 2.91. The van der Waals surface area contributed by atoms with E-state index in [-0.39, 0.29) is 0 Å². The van der Waals surface area contributed by atoms with E-state index in [2.05, 4.69) is 41.7 Å². The van der Waals surface area contributed by atoms with E-state index in [0.717, 1.165) is 28.9 Å². The lowest BCUT2D eigenvalue weighted by Gasteiger charge is -2.31. The third-order valence-corrected chi connectivity index (χ3v) is 4.37. The van der Waals surface area contributed by atoms with Crippen LogP contribution in [0, 0.1) is 0 Å². The van der Waals surface area contributed by atoms with E-state index in [1.165, 1.54) is 10.9 Å². The number of anilines is 1. The van der Waals surface area contributed by atoms with Crippen LogP contribution in [0.15, 0.2) is 65.7 Å². The van der Waals surface area contributed by atoms with E-state index in [1.807, 2.05) is 30.5 Å². The highest BCUT2D eigenvalue weighted by Crippen LogP contribution is 2.43. The first-order valence-electron chi connectivity index (χ1n) is 7.45. The van der Waals surface area contributed by atoms with Crippen molar-refractivity contribution in [2.45, 2.75) is 12.1 Å². The minimum atomic E-state index is -0.556. The molecule has 106 valence electrons. The van der Waals surface area contributed by atoms with Gasteiger partial charge in [-0.2, -0.15) is 0 Å². The summed E-state index contributed by atoms with van der Waals surface area (Å²) in [6.45, 7) is 0. The van der Waals surface area contributed by atoms with Crippen LogP contribution in [0.5, 0.6) is 5.75 Å². The van der Waals surface area contributed by atoms with E-state index in [1.54, 1.807) is 0 Å². The van der Waals surface area contributed by atoms with Crippen LogP contribution >= 0.6 is 0 Å². The summed E-state index contributed by atoms with van der Waals surface area (Å²) in [4.78, 5) is 4.73. The monoisotopic (exact) mass is 286 g/mol. The van der Waals surface area contributed by atoms with Gasteiger partial charge < -0.3 is 10.1 Å². The summed E-state index contributed by atoms with van der Waals surface area (Å²) in [6.07, 6.45) is 2.70. The van der Waals surface area contributed by atoms with Crippen LogP contribution in [0.1, 0.15) is 5.56 Å². The number of benzene rings is 3. The van der Waals surface area contributed by atoms with Crippen molar-refractivity contribution in [1.82, 2.24) is 0 Å². The number of aliphatic imine (C=N–C) groups is 1. The van der Waals surface area contributed by atoms with Crippen molar-refractivity contribution in [1.29, 1.82) is 0 Å². The van der Waals surface area contributed by atoms with Gasteiger partial charge in [-0.25, -0.2) is 0 Å². The van der Waals surface area contributed by atoms with Gasteiger partial charge in [-0.3, -0.25) is 4.99 Å². The molecule has 0 saturated carbocycles. The van der Waals surface area contributed by atoms with Crippen LogP contribution in [-0.4, -0.2) is 11.9 Å². The predicted molar refractivity (Wildman–Crippen MR) is 89.2 cm³/mol. The molecule has 0 fully saturated rings. The van der Waals surface area contributed by atoms with Gasteiger partial charge in [-0.05, 0) is 23.1 Å². The first-order valence-corrected chi connectivity index (χ1v) is 7.45. The molecule has 3 aromatic rings. The Morgan fingerprint density at radius 2 is 1.82 bits per heavy atom. The second kappa shape index (κ2) is 4.10. The number of rotatable bonds is 0. The Kier molecular flexibility index (Phi) is 2.20. The molecule has 22 heavy (non-hydrogen) atoms. The van der Waals surface area contributed by atoms with Gasteiger partial charge in [0.25, 0.3) is 0 Å². The van der Waals surface area contributed by atoms with E-state index in [0.29, 0.717) is 0 Å². The third-order valence-electron chi connectivity index (χ3n) is 4.37. The van der Waals surface area contributed by atoms with Crippen molar-refractivity contribution < 1.29 is 4.74 Å². The van der Waals surface area contributed by atoms with Gasteiger partial charge in [0.15, 0.2) is 0 Å². The highest BCUT2D eigenvalue weighted by atomic mass is 16.5.